The molecule has 0 N–H and O–H groups in total. The van der Waals surface area contributed by atoms with E-state index in [-0.39, 0.29) is 29.8 Å². The van der Waals surface area contributed by atoms with Crippen LogP contribution in [0, 0.1) is 5.92 Å². The number of benzene rings is 2. The maximum absolute atomic E-state index is 13.9. The Balaban J connectivity index is 1.13. The number of para-hydroxylation sites is 1. The van der Waals surface area contributed by atoms with E-state index < -0.39 is 0 Å². The molecule has 1 saturated heterocycles. The molecule has 1 aromatic heterocycles. The number of methoxy groups -OCH3 is 1. The van der Waals surface area contributed by atoms with E-state index in [2.05, 4.69) is 4.90 Å². The second kappa shape index (κ2) is 12.2. The Morgan fingerprint density at radius 3 is 2.54 bits per heavy atom. The Kier molecular flexibility index (Phi) is 8.25. The first-order chi connectivity index (χ1) is 20.0. The van der Waals surface area contributed by atoms with Crippen LogP contribution in [0.15, 0.2) is 64.5 Å². The number of thioether (sulfide) groups is 1. The normalized spacial score (nSPS) is 17.7. The Labute approximate surface area is 244 Å². The predicted octanol–water partition coefficient (Wildman–Crippen LogP) is 4.00. The number of aromatic nitrogens is 2. The summed E-state index contributed by atoms with van der Waals surface area (Å²) in [4.78, 5) is 48.2. The molecule has 2 aliphatic heterocycles. The molecule has 1 amide bonds. The van der Waals surface area contributed by atoms with Gasteiger partial charge in [-0.3, -0.25) is 23.9 Å². The van der Waals surface area contributed by atoms with E-state index >= 15 is 0 Å². The highest BCUT2D eigenvalue weighted by Crippen LogP contribution is 2.35. The highest BCUT2D eigenvalue weighted by Gasteiger charge is 2.37. The van der Waals surface area contributed by atoms with Gasteiger partial charge in [-0.05, 0) is 36.1 Å². The highest BCUT2D eigenvalue weighted by atomic mass is 32.2. The molecule has 9 heteroatoms. The third kappa shape index (κ3) is 6.11. The van der Waals surface area contributed by atoms with E-state index in [1.807, 2.05) is 59.5 Å². The SMILES string of the molecule is COC(=O)Cc1cccc(CN2CC(C(=O)N3CCc4nc(SC5CCCC5)n(-c5ccccc5)c(=O)c4C3)C2)c1. The highest BCUT2D eigenvalue weighted by molar-refractivity contribution is 7.99. The number of rotatable bonds is 8. The lowest BCUT2D eigenvalue weighted by Gasteiger charge is -2.41. The van der Waals surface area contributed by atoms with Gasteiger partial charge in [0.1, 0.15) is 0 Å². The Bertz CT molecular complexity index is 1480. The minimum Gasteiger partial charge on any atom is -0.469 e. The van der Waals surface area contributed by atoms with Crippen molar-refractivity contribution in [2.75, 3.05) is 26.7 Å². The van der Waals surface area contributed by atoms with Crippen molar-refractivity contribution in [3.8, 4) is 5.69 Å². The van der Waals surface area contributed by atoms with Gasteiger partial charge in [0, 0.05) is 37.8 Å². The summed E-state index contributed by atoms with van der Waals surface area (Å²) in [6.45, 7) is 3.01. The Morgan fingerprint density at radius 1 is 1.02 bits per heavy atom. The third-order valence-corrected chi connectivity index (χ3v) is 9.67. The number of carbonyl (C=O) groups is 2. The maximum atomic E-state index is 13.9. The van der Waals surface area contributed by atoms with E-state index in [1.54, 1.807) is 16.3 Å². The van der Waals surface area contributed by atoms with Gasteiger partial charge in [-0.15, -0.1) is 0 Å². The first-order valence-electron chi connectivity index (χ1n) is 14.5. The zero-order chi connectivity index (χ0) is 28.3. The number of hydrogen-bond acceptors (Lipinski definition) is 7. The second-order valence-corrected chi connectivity index (χ2v) is 12.6. The Hall–Kier alpha value is -3.43. The third-order valence-electron chi connectivity index (χ3n) is 8.38. The quantitative estimate of drug-likeness (QED) is 0.298. The number of likely N-dealkylation sites (tertiary alicyclic amines) is 1. The molecule has 1 aliphatic carbocycles. The van der Waals surface area contributed by atoms with Crippen LogP contribution >= 0.6 is 11.8 Å². The average Bonchev–Trinajstić information content (AvgIpc) is 3.48. The summed E-state index contributed by atoms with van der Waals surface area (Å²) in [5, 5.41) is 1.27. The molecule has 0 spiro atoms. The minimum atomic E-state index is -0.255. The lowest BCUT2D eigenvalue weighted by Crippen LogP contribution is -2.55. The van der Waals surface area contributed by atoms with Gasteiger partial charge in [-0.1, -0.05) is 67.1 Å². The fraction of sp³-hybridized carbons (Fsp3) is 0.438. The number of esters is 1. The standard InChI is InChI=1S/C32H36N4O4S/c1-40-29(37)17-22-8-7-9-23(16-22)18-34-19-24(20-34)30(38)35-15-14-28-27(21-35)31(39)36(25-10-3-2-4-11-25)32(33-28)41-26-12-5-6-13-26/h2-4,7-11,16,24,26H,5-6,12-15,17-21H2,1H3. The predicted molar refractivity (Wildman–Crippen MR) is 158 cm³/mol. The number of ether oxygens (including phenoxy) is 1. The Morgan fingerprint density at radius 2 is 1.78 bits per heavy atom. The van der Waals surface area contributed by atoms with Crippen LogP contribution < -0.4 is 5.56 Å². The number of amides is 1. The summed E-state index contributed by atoms with van der Waals surface area (Å²) in [6, 6.07) is 17.7. The molecule has 214 valence electrons. The van der Waals surface area contributed by atoms with Crippen LogP contribution in [0.25, 0.3) is 5.69 Å². The molecule has 3 heterocycles. The summed E-state index contributed by atoms with van der Waals surface area (Å²) in [7, 11) is 1.40. The van der Waals surface area contributed by atoms with Crippen LogP contribution in [0.1, 0.15) is 48.1 Å². The van der Waals surface area contributed by atoms with Crippen LogP contribution in [0.3, 0.4) is 0 Å². The summed E-state index contributed by atoms with van der Waals surface area (Å²) in [6.07, 6.45) is 5.64. The first-order valence-corrected chi connectivity index (χ1v) is 15.4. The smallest absolute Gasteiger partial charge is 0.309 e. The number of fused-ring (bicyclic) bond motifs is 1. The van der Waals surface area contributed by atoms with Gasteiger partial charge in [-0.2, -0.15) is 0 Å². The van der Waals surface area contributed by atoms with Gasteiger partial charge in [0.05, 0.1) is 42.9 Å². The summed E-state index contributed by atoms with van der Waals surface area (Å²) >= 11 is 1.73. The van der Waals surface area contributed by atoms with Gasteiger partial charge in [-0.25, -0.2) is 4.98 Å². The van der Waals surface area contributed by atoms with Crippen molar-refractivity contribution in [3.05, 3.63) is 87.3 Å². The summed E-state index contributed by atoms with van der Waals surface area (Å²) in [5.41, 5.74) is 4.29. The van der Waals surface area contributed by atoms with E-state index in [0.29, 0.717) is 43.4 Å². The zero-order valence-corrected chi connectivity index (χ0v) is 24.3. The van der Waals surface area contributed by atoms with Crippen LogP contribution in [-0.2, 0) is 40.3 Å². The molecule has 41 heavy (non-hydrogen) atoms. The molecule has 0 atom stereocenters. The largest absolute Gasteiger partial charge is 0.469 e. The zero-order valence-electron chi connectivity index (χ0n) is 23.5. The molecular weight excluding hydrogens is 536 g/mol. The number of nitrogens with zero attached hydrogens (tertiary/aromatic N) is 4. The van der Waals surface area contributed by atoms with Crippen molar-refractivity contribution in [1.82, 2.24) is 19.4 Å². The van der Waals surface area contributed by atoms with Crippen molar-refractivity contribution in [2.24, 2.45) is 5.92 Å². The van der Waals surface area contributed by atoms with Gasteiger partial charge in [0.2, 0.25) is 5.91 Å². The maximum Gasteiger partial charge on any atom is 0.309 e. The fourth-order valence-electron chi connectivity index (χ4n) is 6.13. The average molecular weight is 573 g/mol. The number of hydrogen-bond donors (Lipinski definition) is 0. The topological polar surface area (TPSA) is 84.7 Å². The van der Waals surface area contributed by atoms with E-state index in [0.717, 1.165) is 47.1 Å². The second-order valence-electron chi connectivity index (χ2n) is 11.3. The lowest BCUT2D eigenvalue weighted by molar-refractivity contribution is -0.142. The van der Waals surface area contributed by atoms with Gasteiger partial charge >= 0.3 is 5.97 Å². The van der Waals surface area contributed by atoms with Crippen molar-refractivity contribution in [3.63, 3.8) is 0 Å². The molecule has 3 aromatic rings. The van der Waals surface area contributed by atoms with Crippen LogP contribution in [0.2, 0.25) is 0 Å². The van der Waals surface area contributed by atoms with Crippen LogP contribution in [0.4, 0.5) is 0 Å². The van der Waals surface area contributed by atoms with Crippen molar-refractivity contribution >= 4 is 23.6 Å². The van der Waals surface area contributed by atoms with E-state index in [1.165, 1.54) is 20.0 Å². The van der Waals surface area contributed by atoms with E-state index in [4.69, 9.17) is 9.72 Å². The molecule has 6 rings (SSSR count). The van der Waals surface area contributed by atoms with Crippen molar-refractivity contribution in [1.29, 1.82) is 0 Å². The molecule has 2 aromatic carbocycles. The molecule has 3 aliphatic rings. The van der Waals surface area contributed by atoms with Crippen molar-refractivity contribution < 1.29 is 14.3 Å². The molecule has 2 fully saturated rings. The van der Waals surface area contributed by atoms with Gasteiger partial charge < -0.3 is 9.64 Å². The molecule has 8 nitrogen and oxygen atoms in total. The fourth-order valence-corrected chi connectivity index (χ4v) is 7.45. The summed E-state index contributed by atoms with van der Waals surface area (Å²) in [5.74, 6) is -0.216. The molecule has 0 unspecified atom stereocenters. The molecule has 0 radical (unpaired) electrons. The van der Waals surface area contributed by atoms with E-state index in [9.17, 15) is 14.4 Å². The molecular formula is C32H36N4O4S. The first kappa shape index (κ1) is 27.7. The van der Waals surface area contributed by atoms with Crippen LogP contribution in [-0.4, -0.2) is 63.2 Å². The van der Waals surface area contributed by atoms with Crippen LogP contribution in [0.5, 0.6) is 0 Å². The lowest BCUT2D eigenvalue weighted by atomic mass is 9.95. The molecule has 1 saturated carbocycles. The van der Waals surface area contributed by atoms with Gasteiger partial charge in [0.15, 0.2) is 5.16 Å². The summed E-state index contributed by atoms with van der Waals surface area (Å²) < 4.78 is 6.54. The van der Waals surface area contributed by atoms with Gasteiger partial charge in [0.25, 0.3) is 5.56 Å². The van der Waals surface area contributed by atoms with Crippen molar-refractivity contribution in [2.45, 2.75) is 62.0 Å². The monoisotopic (exact) mass is 572 g/mol. The number of carbonyl (C=O) groups excluding carboxylic acids is 2. The minimum absolute atomic E-state index is 0.0544. The molecule has 0 bridgehead atoms.